The number of nitrogens with zero attached hydrogens (tertiary/aromatic N) is 2. The second-order valence-electron chi connectivity index (χ2n) is 1.84. The summed E-state index contributed by atoms with van der Waals surface area (Å²) in [6, 6.07) is -1.23. The molecule has 0 aromatic carbocycles. The van der Waals surface area contributed by atoms with Gasteiger partial charge in [-0.3, -0.25) is 10.1 Å². The molecule has 0 spiro atoms. The van der Waals surface area contributed by atoms with Crippen molar-refractivity contribution in [2.45, 2.75) is 6.04 Å². The van der Waals surface area contributed by atoms with E-state index in [0.717, 1.165) is 0 Å². The Bertz CT molecular complexity index is 261. The summed E-state index contributed by atoms with van der Waals surface area (Å²) in [5.41, 5.74) is 5.18. The zero-order chi connectivity index (χ0) is 8.43. The van der Waals surface area contributed by atoms with Crippen LogP contribution >= 0.6 is 12.2 Å². The number of nitrogens with two attached hydrogens (primary N) is 1. The van der Waals surface area contributed by atoms with Gasteiger partial charge in [0, 0.05) is 0 Å². The zero-order valence-corrected chi connectivity index (χ0v) is 6.09. The number of carbonyl (C=O) groups is 1. The van der Waals surface area contributed by atoms with E-state index in [2.05, 4.69) is 27.7 Å². The average molecular weight is 172 g/mol. The van der Waals surface area contributed by atoms with Gasteiger partial charge in [0.2, 0.25) is 11.2 Å². The second kappa shape index (κ2) is 2.70. The van der Waals surface area contributed by atoms with Crippen molar-refractivity contribution in [3.8, 4) is 0 Å². The summed E-state index contributed by atoms with van der Waals surface area (Å²) in [5.74, 6) is -0.786. The maximum Gasteiger partial charge on any atom is 0.262 e. The molecule has 58 valence electrons. The molecule has 1 unspecified atom stereocenters. The maximum absolute atomic E-state index is 10.8. The molecular weight excluding hydrogens is 168 g/mol. The first-order chi connectivity index (χ1) is 5.15. The van der Waals surface area contributed by atoms with Gasteiger partial charge in [-0.2, -0.15) is 0 Å². The van der Waals surface area contributed by atoms with Gasteiger partial charge < -0.3 is 5.73 Å². The summed E-state index contributed by atoms with van der Waals surface area (Å²) in [7, 11) is 0. The van der Waals surface area contributed by atoms with E-state index in [1.807, 2.05) is 0 Å². The minimum Gasteiger partial charge on any atom is -0.385 e. The van der Waals surface area contributed by atoms with E-state index in [1.165, 1.54) is 0 Å². The number of amides is 1. The van der Waals surface area contributed by atoms with Gasteiger partial charge in [-0.05, 0) is 17.4 Å². The van der Waals surface area contributed by atoms with E-state index in [9.17, 15) is 9.70 Å². The van der Waals surface area contributed by atoms with Crippen molar-refractivity contribution >= 4 is 29.1 Å². The van der Waals surface area contributed by atoms with Gasteiger partial charge in [-0.1, -0.05) is 0 Å². The highest BCUT2D eigenvalue weighted by Crippen LogP contribution is 1.97. The molecule has 1 amide bonds. The summed E-state index contributed by atoms with van der Waals surface area (Å²) in [6.07, 6.45) is 0. The molecule has 6 nitrogen and oxygen atoms in total. The lowest BCUT2D eigenvalue weighted by Gasteiger charge is -2.13. The van der Waals surface area contributed by atoms with Crippen LogP contribution in [0, 0.1) is 4.91 Å². The first-order valence-corrected chi connectivity index (χ1v) is 3.07. The Balaban J connectivity index is 2.97. The van der Waals surface area contributed by atoms with Gasteiger partial charge in [-0.25, -0.2) is 4.99 Å². The highest BCUT2D eigenvalue weighted by molar-refractivity contribution is 7.80. The van der Waals surface area contributed by atoms with Crippen molar-refractivity contribution in [3.63, 3.8) is 0 Å². The third kappa shape index (κ3) is 1.37. The molecule has 0 aliphatic carbocycles. The molecule has 0 bridgehead atoms. The highest BCUT2D eigenvalue weighted by atomic mass is 32.1. The Kier molecular flexibility index (Phi) is 1.90. The number of thiocarbonyl (C=S) groups is 1. The first-order valence-electron chi connectivity index (χ1n) is 2.66. The summed E-state index contributed by atoms with van der Waals surface area (Å²) in [4.78, 5) is 24.3. The minimum absolute atomic E-state index is 0.0348. The van der Waals surface area contributed by atoms with Crippen LogP contribution < -0.4 is 11.1 Å². The van der Waals surface area contributed by atoms with Crippen LogP contribution in [0.4, 0.5) is 0 Å². The normalized spacial score (nSPS) is 24.0. The zero-order valence-electron chi connectivity index (χ0n) is 5.27. The molecule has 7 heteroatoms. The van der Waals surface area contributed by atoms with Crippen molar-refractivity contribution in [1.82, 2.24) is 5.32 Å². The predicted octanol–water partition coefficient (Wildman–Crippen LogP) is -1.11. The van der Waals surface area contributed by atoms with Crippen LogP contribution in [0.5, 0.6) is 0 Å². The van der Waals surface area contributed by atoms with E-state index >= 15 is 0 Å². The molecule has 0 fully saturated rings. The number of amidine groups is 1. The third-order valence-electron chi connectivity index (χ3n) is 1.09. The van der Waals surface area contributed by atoms with Crippen LogP contribution in [0.25, 0.3) is 0 Å². The average Bonchev–Trinajstić information content (AvgIpc) is 1.85. The number of nitrogens with one attached hydrogen (secondary N) is 1. The number of rotatable bonds is 1. The van der Waals surface area contributed by atoms with Crippen LogP contribution in [-0.2, 0) is 4.79 Å². The van der Waals surface area contributed by atoms with Crippen molar-refractivity contribution in [1.29, 1.82) is 0 Å². The summed E-state index contributed by atoms with van der Waals surface area (Å²) in [6.45, 7) is 0. The Morgan fingerprint density at radius 3 is 2.82 bits per heavy atom. The van der Waals surface area contributed by atoms with E-state index in [4.69, 9.17) is 5.73 Å². The van der Waals surface area contributed by atoms with Gasteiger partial charge in [0.1, 0.15) is 5.84 Å². The Morgan fingerprint density at radius 1 is 1.73 bits per heavy atom. The lowest BCUT2D eigenvalue weighted by Crippen LogP contribution is -2.48. The fourth-order valence-corrected chi connectivity index (χ4v) is 0.822. The fraction of sp³-hybridized carbons (Fsp3) is 0.250. The van der Waals surface area contributed by atoms with Crippen LogP contribution in [0.2, 0.25) is 0 Å². The molecular formula is C4H4N4O2S. The molecule has 1 aliphatic rings. The Labute approximate surface area is 66.8 Å². The number of carbonyl (C=O) groups excluding carboxylic acids is 1. The predicted molar refractivity (Wildman–Crippen MR) is 41.9 cm³/mol. The summed E-state index contributed by atoms with van der Waals surface area (Å²) >= 11 is 4.52. The monoisotopic (exact) mass is 172 g/mol. The molecule has 1 rings (SSSR count). The van der Waals surface area contributed by atoms with E-state index in [0.29, 0.717) is 0 Å². The molecule has 1 heterocycles. The lowest BCUT2D eigenvalue weighted by atomic mass is 10.2. The molecule has 11 heavy (non-hydrogen) atoms. The van der Waals surface area contributed by atoms with Gasteiger partial charge in [0.15, 0.2) is 0 Å². The quantitative estimate of drug-likeness (QED) is 0.387. The van der Waals surface area contributed by atoms with Gasteiger partial charge in [0.25, 0.3) is 5.91 Å². The molecule has 0 saturated heterocycles. The smallest absolute Gasteiger partial charge is 0.262 e. The summed E-state index contributed by atoms with van der Waals surface area (Å²) in [5, 5.41) is 4.57. The first kappa shape index (κ1) is 7.73. The van der Waals surface area contributed by atoms with E-state index < -0.39 is 11.9 Å². The SMILES string of the molecule is NC1=NC(=S)NC(=O)C1N=O. The van der Waals surface area contributed by atoms with Crippen LogP contribution in [0.3, 0.4) is 0 Å². The maximum atomic E-state index is 10.8. The molecule has 0 saturated carbocycles. The van der Waals surface area contributed by atoms with Crippen molar-refractivity contribution in [2.75, 3.05) is 0 Å². The molecule has 1 atom stereocenters. The topological polar surface area (TPSA) is 96.9 Å². The number of hydrogen-bond donors (Lipinski definition) is 2. The van der Waals surface area contributed by atoms with Crippen molar-refractivity contribution < 1.29 is 4.79 Å². The molecule has 3 N–H and O–H groups in total. The van der Waals surface area contributed by atoms with Crippen molar-refractivity contribution in [3.05, 3.63) is 4.91 Å². The second-order valence-corrected chi connectivity index (χ2v) is 2.23. The largest absolute Gasteiger partial charge is 0.385 e. The Hall–Kier alpha value is -1.37. The Morgan fingerprint density at radius 2 is 2.36 bits per heavy atom. The molecule has 0 aromatic heterocycles. The van der Waals surface area contributed by atoms with Crippen molar-refractivity contribution in [2.24, 2.45) is 15.9 Å². The highest BCUT2D eigenvalue weighted by Gasteiger charge is 2.28. The van der Waals surface area contributed by atoms with E-state index in [1.54, 1.807) is 0 Å². The molecule has 1 aliphatic heterocycles. The van der Waals surface area contributed by atoms with Crippen LogP contribution in [0.15, 0.2) is 10.2 Å². The number of aliphatic imine (C=N–C) groups is 1. The third-order valence-corrected chi connectivity index (χ3v) is 1.29. The van der Waals surface area contributed by atoms with Gasteiger partial charge >= 0.3 is 0 Å². The minimum atomic E-state index is -1.23. The van der Waals surface area contributed by atoms with Crippen LogP contribution in [-0.4, -0.2) is 22.9 Å². The van der Waals surface area contributed by atoms with Gasteiger partial charge in [-0.15, -0.1) is 4.91 Å². The fourth-order valence-electron chi connectivity index (χ4n) is 0.616. The van der Waals surface area contributed by atoms with E-state index in [-0.39, 0.29) is 10.9 Å². The standard InChI is InChI=1S/C4H4N4O2S/c5-2-1(8-10)3(9)7-4(11)6-2/h1H,(H3,5,6,7,9,11). The number of hydrogen-bond acceptors (Lipinski definition) is 5. The molecule has 0 radical (unpaired) electrons. The molecule has 0 aromatic rings. The number of nitroso groups, excluding NO2 is 1. The van der Waals surface area contributed by atoms with Crippen LogP contribution in [0.1, 0.15) is 0 Å². The summed E-state index contributed by atoms with van der Waals surface area (Å²) < 4.78 is 0. The lowest BCUT2D eigenvalue weighted by molar-refractivity contribution is -0.119. The van der Waals surface area contributed by atoms with Gasteiger partial charge in [0.05, 0.1) is 0 Å².